The molecule has 0 amide bonds. The highest BCUT2D eigenvalue weighted by atomic mass is 35.5. The van der Waals surface area contributed by atoms with Crippen LogP contribution in [0.15, 0.2) is 54.7 Å². The third kappa shape index (κ3) is 5.68. The Morgan fingerprint density at radius 3 is 2.70 bits per heavy atom. The molecule has 0 saturated carbocycles. The Kier molecular flexibility index (Phi) is 7.69. The number of likely N-dealkylation sites (tertiary alicyclic amines) is 1. The van der Waals surface area contributed by atoms with Crippen molar-refractivity contribution < 1.29 is 23.8 Å². The Balaban J connectivity index is 1.14. The molecule has 0 N–H and O–H groups in total. The highest BCUT2D eigenvalue weighted by Gasteiger charge is 2.27. The summed E-state index contributed by atoms with van der Waals surface area (Å²) < 4.78 is 28.0. The lowest BCUT2D eigenvalue weighted by Crippen LogP contribution is -2.35. The number of carbonyl (C=O) groups excluding carboxylic acids is 1. The molecule has 4 aromatic rings. The summed E-state index contributed by atoms with van der Waals surface area (Å²) in [6, 6.07) is 13.4. The fourth-order valence-corrected chi connectivity index (χ4v) is 5.64. The van der Waals surface area contributed by atoms with Gasteiger partial charge in [0.15, 0.2) is 0 Å². The minimum absolute atomic E-state index is 0.0758. The van der Waals surface area contributed by atoms with Gasteiger partial charge in [-0.05, 0) is 74.2 Å². The molecule has 4 heterocycles. The second-order valence-corrected chi connectivity index (χ2v) is 10.8. The molecule has 2 aliphatic rings. The summed E-state index contributed by atoms with van der Waals surface area (Å²) in [5, 5.41) is 11.8. The first-order valence-corrected chi connectivity index (χ1v) is 13.9. The first-order valence-electron chi connectivity index (χ1n) is 13.5. The average Bonchev–Trinajstić information content (AvgIpc) is 3.26. The van der Waals surface area contributed by atoms with E-state index in [2.05, 4.69) is 14.5 Å². The summed E-state index contributed by atoms with van der Waals surface area (Å²) >= 11 is 5.87. The van der Waals surface area contributed by atoms with Gasteiger partial charge in [-0.15, -0.1) is 0 Å². The molecular weight excluding hydrogens is 535 g/mol. The number of benzene rings is 2. The van der Waals surface area contributed by atoms with Crippen molar-refractivity contribution in [2.24, 2.45) is 0 Å². The van der Waals surface area contributed by atoms with Crippen molar-refractivity contribution in [3.05, 3.63) is 88.1 Å². The number of rotatable bonds is 9. The Labute approximate surface area is 236 Å². The van der Waals surface area contributed by atoms with Crippen LogP contribution in [0.1, 0.15) is 52.5 Å². The third-order valence-electron chi connectivity index (χ3n) is 7.82. The van der Waals surface area contributed by atoms with E-state index in [0.29, 0.717) is 29.6 Å². The molecule has 6 rings (SSSR count). The van der Waals surface area contributed by atoms with Gasteiger partial charge in [0.25, 0.3) is 0 Å². The fourth-order valence-electron chi connectivity index (χ4n) is 5.48. The van der Waals surface area contributed by atoms with E-state index in [9.17, 15) is 14.3 Å². The first kappa shape index (κ1) is 26.7. The van der Waals surface area contributed by atoms with E-state index in [1.54, 1.807) is 36.5 Å². The molecule has 1 atom stereocenters. The number of hydrogen-bond acceptors (Lipinski definition) is 7. The number of carbonyl (C=O) groups is 1. The molecule has 0 bridgehead atoms. The van der Waals surface area contributed by atoms with E-state index in [-0.39, 0.29) is 24.2 Å². The summed E-state index contributed by atoms with van der Waals surface area (Å²) in [6.07, 6.45) is 4.61. The number of halogens is 2. The van der Waals surface area contributed by atoms with E-state index < -0.39 is 11.8 Å². The molecule has 8 nitrogen and oxygen atoms in total. The number of aromatic carboxylic acids is 1. The van der Waals surface area contributed by atoms with Crippen molar-refractivity contribution in [1.29, 1.82) is 0 Å². The molecule has 2 aliphatic heterocycles. The molecule has 0 radical (unpaired) electrons. The van der Waals surface area contributed by atoms with E-state index in [4.69, 9.17) is 26.1 Å². The number of piperidine rings is 1. The summed E-state index contributed by atoms with van der Waals surface area (Å²) in [6.45, 7) is 3.84. The SMILES string of the molecule is O=C([O-])c1ccc2nc(CN3CCC(c4cccnc4OCc4ccc(Cl)cc4F)CC3)n(C[C@@H]3CCO3)c2c1. The fraction of sp³-hybridized carbons (Fsp3) is 0.367. The molecule has 40 heavy (non-hydrogen) atoms. The molecular formula is C30H29ClFN4O4-. The van der Waals surface area contributed by atoms with Crippen LogP contribution in [0.2, 0.25) is 5.02 Å². The highest BCUT2D eigenvalue weighted by molar-refractivity contribution is 6.30. The van der Waals surface area contributed by atoms with Crippen LogP contribution in [0.4, 0.5) is 4.39 Å². The van der Waals surface area contributed by atoms with E-state index in [0.717, 1.165) is 61.4 Å². The normalized spacial score (nSPS) is 18.1. The number of carboxylic acids is 1. The lowest BCUT2D eigenvalue weighted by Gasteiger charge is -2.33. The van der Waals surface area contributed by atoms with Crippen molar-refractivity contribution >= 4 is 28.6 Å². The van der Waals surface area contributed by atoms with Crippen LogP contribution in [-0.2, 0) is 24.4 Å². The maximum atomic E-state index is 14.2. The number of nitrogens with zero attached hydrogens (tertiary/aromatic N) is 4. The predicted molar refractivity (Wildman–Crippen MR) is 146 cm³/mol. The van der Waals surface area contributed by atoms with Crippen LogP contribution in [0.3, 0.4) is 0 Å². The summed E-state index contributed by atoms with van der Waals surface area (Å²) in [7, 11) is 0. The van der Waals surface area contributed by atoms with Gasteiger partial charge >= 0.3 is 0 Å². The van der Waals surface area contributed by atoms with Crippen LogP contribution >= 0.6 is 11.6 Å². The second-order valence-electron chi connectivity index (χ2n) is 10.4. The number of aromatic nitrogens is 3. The van der Waals surface area contributed by atoms with Crippen LogP contribution in [-0.4, -0.2) is 51.2 Å². The predicted octanol–water partition coefficient (Wildman–Crippen LogP) is 4.33. The maximum Gasteiger partial charge on any atom is 0.217 e. The molecule has 208 valence electrons. The third-order valence-corrected chi connectivity index (χ3v) is 8.05. The Hall–Kier alpha value is -3.53. The van der Waals surface area contributed by atoms with Crippen LogP contribution < -0.4 is 9.84 Å². The van der Waals surface area contributed by atoms with E-state index >= 15 is 0 Å². The van der Waals surface area contributed by atoms with Gasteiger partial charge in [0.05, 0.1) is 36.2 Å². The molecule has 10 heteroatoms. The zero-order valence-electron chi connectivity index (χ0n) is 21.9. The molecule has 2 aromatic heterocycles. The number of pyridine rings is 1. The molecule has 0 aliphatic carbocycles. The molecule has 0 spiro atoms. The molecule has 2 saturated heterocycles. The zero-order chi connectivity index (χ0) is 27.6. The van der Waals surface area contributed by atoms with Crippen LogP contribution in [0.5, 0.6) is 5.88 Å². The van der Waals surface area contributed by atoms with Crippen LogP contribution in [0.25, 0.3) is 11.0 Å². The van der Waals surface area contributed by atoms with Crippen LogP contribution in [0, 0.1) is 5.82 Å². The Morgan fingerprint density at radius 1 is 1.15 bits per heavy atom. The van der Waals surface area contributed by atoms with Gasteiger partial charge in [0, 0.05) is 29.0 Å². The average molecular weight is 564 g/mol. The second kappa shape index (κ2) is 11.5. The van der Waals surface area contributed by atoms with E-state index in [1.165, 1.54) is 6.07 Å². The number of ether oxygens (including phenoxy) is 2. The first-order chi connectivity index (χ1) is 19.4. The number of imidazole rings is 1. The van der Waals surface area contributed by atoms with Crippen molar-refractivity contribution in [2.45, 2.75) is 51.0 Å². The summed E-state index contributed by atoms with van der Waals surface area (Å²) in [5.41, 5.74) is 3.15. The topological polar surface area (TPSA) is 92.5 Å². The monoisotopic (exact) mass is 563 g/mol. The standard InChI is InChI=1S/C30H30ClFN4O4/c31-22-5-3-21(25(32)15-22)18-40-29-24(2-1-10-33-29)19-7-11-35(12-8-19)17-28-34-26-6-4-20(30(37)38)14-27(26)36(28)16-23-9-13-39-23/h1-6,10,14-15,19,23H,7-9,11-13,16-18H2,(H,37,38)/p-1/t23-/m0/s1. The van der Waals surface area contributed by atoms with Gasteiger partial charge in [0.2, 0.25) is 5.88 Å². The van der Waals surface area contributed by atoms with Crippen molar-refractivity contribution in [3.63, 3.8) is 0 Å². The number of carboxylic acid groups (broad SMARTS) is 1. The van der Waals surface area contributed by atoms with Gasteiger partial charge in [-0.1, -0.05) is 29.8 Å². The quantitative estimate of drug-likeness (QED) is 0.299. The maximum absolute atomic E-state index is 14.2. The van der Waals surface area contributed by atoms with Crippen molar-refractivity contribution in [3.8, 4) is 5.88 Å². The Bertz CT molecular complexity index is 1530. The largest absolute Gasteiger partial charge is 0.545 e. The van der Waals surface area contributed by atoms with Gasteiger partial charge < -0.3 is 23.9 Å². The smallest absolute Gasteiger partial charge is 0.217 e. The highest BCUT2D eigenvalue weighted by Crippen LogP contribution is 2.34. The number of fused-ring (bicyclic) bond motifs is 1. The zero-order valence-corrected chi connectivity index (χ0v) is 22.6. The van der Waals surface area contributed by atoms with Crippen molar-refractivity contribution in [1.82, 2.24) is 19.4 Å². The number of hydrogen-bond donors (Lipinski definition) is 0. The minimum Gasteiger partial charge on any atom is -0.545 e. The molecule has 2 aromatic carbocycles. The van der Waals surface area contributed by atoms with Crippen molar-refractivity contribution in [2.75, 3.05) is 19.7 Å². The van der Waals surface area contributed by atoms with Gasteiger partial charge in [0.1, 0.15) is 18.2 Å². The lowest BCUT2D eigenvalue weighted by atomic mass is 9.90. The Morgan fingerprint density at radius 2 is 1.98 bits per heavy atom. The lowest BCUT2D eigenvalue weighted by molar-refractivity contribution is -0.255. The molecule has 2 fully saturated rings. The van der Waals surface area contributed by atoms with Gasteiger partial charge in [-0.25, -0.2) is 14.4 Å². The molecule has 0 unspecified atom stereocenters. The van der Waals surface area contributed by atoms with E-state index in [1.807, 2.05) is 12.1 Å². The van der Waals surface area contributed by atoms with Gasteiger partial charge in [-0.2, -0.15) is 0 Å². The summed E-state index contributed by atoms with van der Waals surface area (Å²) in [5.74, 6) is 0.0956. The summed E-state index contributed by atoms with van der Waals surface area (Å²) in [4.78, 5) is 23.1. The minimum atomic E-state index is -1.20. The van der Waals surface area contributed by atoms with Gasteiger partial charge in [-0.3, -0.25) is 4.90 Å².